The van der Waals surface area contributed by atoms with Gasteiger partial charge in [0.2, 0.25) is 0 Å². The minimum Gasteiger partial charge on any atom is -0.367 e. The number of benzene rings is 2. The number of hydrogen-bond donors (Lipinski definition) is 2. The molecule has 192 valence electrons. The number of hydrogen-bond acceptors (Lipinski definition) is 5. The summed E-state index contributed by atoms with van der Waals surface area (Å²) in [6.45, 7) is 16.6. The molecule has 0 radical (unpaired) electrons. The second-order valence-corrected chi connectivity index (χ2v) is 12.0. The molecule has 35 heavy (non-hydrogen) atoms. The van der Waals surface area contributed by atoms with E-state index in [4.69, 9.17) is 0 Å². The molecule has 1 saturated heterocycles. The van der Waals surface area contributed by atoms with Crippen LogP contribution in [-0.4, -0.2) is 58.5 Å². The molecule has 1 fully saturated rings. The van der Waals surface area contributed by atoms with Gasteiger partial charge < -0.3 is 15.1 Å². The highest BCUT2D eigenvalue weighted by molar-refractivity contribution is 7.92. The predicted octanol–water partition coefficient (Wildman–Crippen LogP) is 4.27. The summed E-state index contributed by atoms with van der Waals surface area (Å²) >= 11 is 0. The maximum Gasteiger partial charge on any atom is 0.262 e. The van der Waals surface area contributed by atoms with Crippen LogP contribution in [-0.2, 0) is 10.0 Å². The molecule has 1 aliphatic rings. The smallest absolute Gasteiger partial charge is 0.262 e. The summed E-state index contributed by atoms with van der Waals surface area (Å²) in [4.78, 5) is 17.8. The highest BCUT2D eigenvalue weighted by Gasteiger charge is 2.24. The first-order chi connectivity index (χ1) is 16.5. The molecule has 1 amide bonds. The number of nitrogens with one attached hydrogen (secondary N) is 2. The van der Waals surface area contributed by atoms with Crippen molar-refractivity contribution in [3.8, 4) is 0 Å². The van der Waals surface area contributed by atoms with Gasteiger partial charge in [-0.3, -0.25) is 9.52 Å². The Morgan fingerprint density at radius 1 is 1.00 bits per heavy atom. The summed E-state index contributed by atoms with van der Waals surface area (Å²) in [7, 11) is -3.84. The average molecular weight is 501 g/mol. The third-order valence-corrected chi connectivity index (χ3v) is 7.55. The standard InChI is InChI=1S/C27H40N4O3S/c1-19(2)17-31(18-20(3)4)27(32)23-8-9-25(30-13-11-28-12-14-30)24(16-23)29-35(33,34)26-10-7-21(5)15-22(26)6/h7-10,15-16,19-20,28-29H,11-14,17-18H2,1-6H3. The molecule has 0 atom stereocenters. The molecule has 2 N–H and O–H groups in total. The van der Waals surface area contributed by atoms with Crippen LogP contribution in [0.3, 0.4) is 0 Å². The van der Waals surface area contributed by atoms with Crippen LogP contribution in [0, 0.1) is 25.7 Å². The number of carbonyl (C=O) groups excluding carboxylic acids is 1. The monoisotopic (exact) mass is 500 g/mol. The van der Waals surface area contributed by atoms with E-state index >= 15 is 0 Å². The predicted molar refractivity (Wildman–Crippen MR) is 144 cm³/mol. The Kier molecular flexibility index (Phi) is 8.83. The number of anilines is 2. The fourth-order valence-corrected chi connectivity index (χ4v) is 5.83. The number of nitrogens with zero attached hydrogens (tertiary/aromatic N) is 2. The fourth-order valence-electron chi connectivity index (χ4n) is 4.54. The molecule has 0 aromatic heterocycles. The number of piperazine rings is 1. The van der Waals surface area contributed by atoms with Gasteiger partial charge in [-0.25, -0.2) is 8.42 Å². The van der Waals surface area contributed by atoms with E-state index in [1.165, 1.54) is 0 Å². The van der Waals surface area contributed by atoms with Crippen molar-refractivity contribution in [1.82, 2.24) is 10.2 Å². The Hall–Kier alpha value is -2.58. The molecule has 0 saturated carbocycles. The summed E-state index contributed by atoms with van der Waals surface area (Å²) in [5.74, 6) is 0.590. The average Bonchev–Trinajstić information content (AvgIpc) is 2.77. The SMILES string of the molecule is Cc1ccc(S(=O)(=O)Nc2cc(C(=O)N(CC(C)C)CC(C)C)ccc2N2CCNCC2)c(C)c1. The van der Waals surface area contributed by atoms with E-state index in [0.29, 0.717) is 41.7 Å². The molecule has 1 aliphatic heterocycles. The van der Waals surface area contributed by atoms with E-state index in [-0.39, 0.29) is 10.8 Å². The molecule has 0 spiro atoms. The van der Waals surface area contributed by atoms with Gasteiger partial charge >= 0.3 is 0 Å². The summed E-state index contributed by atoms with van der Waals surface area (Å²) in [5.41, 5.74) is 3.41. The van der Waals surface area contributed by atoms with Crippen molar-refractivity contribution in [2.45, 2.75) is 46.4 Å². The zero-order valence-corrected chi connectivity index (χ0v) is 22.7. The first-order valence-corrected chi connectivity index (χ1v) is 14.0. The Morgan fingerprint density at radius 3 is 2.20 bits per heavy atom. The molecule has 8 heteroatoms. The summed E-state index contributed by atoms with van der Waals surface area (Å²) < 4.78 is 29.7. The van der Waals surface area contributed by atoms with Crippen molar-refractivity contribution in [3.63, 3.8) is 0 Å². The Bertz CT molecular complexity index is 1130. The normalized spacial score (nSPS) is 14.5. The second kappa shape index (κ2) is 11.4. The van der Waals surface area contributed by atoms with Gasteiger partial charge in [0, 0.05) is 44.8 Å². The molecule has 0 unspecified atom stereocenters. The van der Waals surface area contributed by atoms with Gasteiger partial charge in [0.25, 0.3) is 15.9 Å². The molecular weight excluding hydrogens is 460 g/mol. The number of amides is 1. The summed E-state index contributed by atoms with van der Waals surface area (Å²) in [5, 5.41) is 3.33. The molecule has 0 bridgehead atoms. The lowest BCUT2D eigenvalue weighted by molar-refractivity contribution is 0.0715. The maximum atomic E-state index is 13.5. The van der Waals surface area contributed by atoms with Crippen LogP contribution < -0.4 is 14.9 Å². The number of aryl methyl sites for hydroxylation is 2. The van der Waals surface area contributed by atoms with Crippen molar-refractivity contribution in [3.05, 3.63) is 53.1 Å². The van der Waals surface area contributed by atoms with Crippen LogP contribution in [0.2, 0.25) is 0 Å². The number of carbonyl (C=O) groups is 1. The van der Waals surface area contributed by atoms with E-state index in [9.17, 15) is 13.2 Å². The zero-order chi connectivity index (χ0) is 25.8. The number of sulfonamides is 1. The quantitative estimate of drug-likeness (QED) is 0.537. The van der Waals surface area contributed by atoms with Crippen LogP contribution in [0.15, 0.2) is 41.3 Å². The molecule has 2 aromatic carbocycles. The summed E-state index contributed by atoms with van der Waals surface area (Å²) in [6.07, 6.45) is 0. The third-order valence-electron chi connectivity index (χ3n) is 6.02. The van der Waals surface area contributed by atoms with Crippen molar-refractivity contribution in [2.24, 2.45) is 11.8 Å². The van der Waals surface area contributed by atoms with E-state index in [2.05, 4.69) is 42.6 Å². The molecule has 0 aliphatic carbocycles. The third kappa shape index (κ3) is 6.98. The highest BCUT2D eigenvalue weighted by Crippen LogP contribution is 2.31. The lowest BCUT2D eigenvalue weighted by Gasteiger charge is -2.32. The summed E-state index contributed by atoms with van der Waals surface area (Å²) in [6, 6.07) is 10.7. The molecule has 7 nitrogen and oxygen atoms in total. The van der Waals surface area contributed by atoms with Crippen molar-refractivity contribution < 1.29 is 13.2 Å². The van der Waals surface area contributed by atoms with Crippen molar-refractivity contribution in [2.75, 3.05) is 48.9 Å². The first-order valence-electron chi connectivity index (χ1n) is 12.5. The van der Waals surface area contributed by atoms with Gasteiger partial charge in [-0.05, 0) is 55.5 Å². The van der Waals surface area contributed by atoms with Crippen molar-refractivity contribution in [1.29, 1.82) is 0 Å². The fraction of sp³-hybridized carbons (Fsp3) is 0.519. The first kappa shape index (κ1) is 27.0. The minimum atomic E-state index is -3.84. The molecule has 2 aromatic rings. The van der Waals surface area contributed by atoms with Gasteiger partial charge in [-0.1, -0.05) is 45.4 Å². The van der Waals surface area contributed by atoms with E-state index in [1.54, 1.807) is 25.1 Å². The largest absolute Gasteiger partial charge is 0.367 e. The highest BCUT2D eigenvalue weighted by atomic mass is 32.2. The minimum absolute atomic E-state index is 0.0776. The molecule has 1 heterocycles. The van der Waals surface area contributed by atoms with Crippen LogP contribution in [0.5, 0.6) is 0 Å². The van der Waals surface area contributed by atoms with Gasteiger partial charge in [-0.15, -0.1) is 0 Å². The zero-order valence-electron chi connectivity index (χ0n) is 21.9. The van der Waals surface area contributed by atoms with Crippen molar-refractivity contribution >= 4 is 27.3 Å². The van der Waals surface area contributed by atoms with Crippen LogP contribution >= 0.6 is 0 Å². The molecular formula is C27H40N4O3S. The van der Waals surface area contributed by atoms with Gasteiger partial charge in [0.15, 0.2) is 0 Å². The van der Waals surface area contributed by atoms with E-state index in [1.807, 2.05) is 30.0 Å². The Labute approximate surface area is 210 Å². The van der Waals surface area contributed by atoms with Crippen LogP contribution in [0.1, 0.15) is 49.2 Å². The van der Waals surface area contributed by atoms with E-state index < -0.39 is 10.0 Å². The van der Waals surface area contributed by atoms with Gasteiger partial charge in [0.1, 0.15) is 0 Å². The van der Waals surface area contributed by atoms with Gasteiger partial charge in [-0.2, -0.15) is 0 Å². The van der Waals surface area contributed by atoms with Crippen LogP contribution in [0.25, 0.3) is 0 Å². The maximum absolute atomic E-state index is 13.5. The second-order valence-electron chi connectivity index (χ2n) is 10.3. The Balaban J connectivity index is 2.02. The topological polar surface area (TPSA) is 81.8 Å². The van der Waals surface area contributed by atoms with E-state index in [0.717, 1.165) is 37.4 Å². The van der Waals surface area contributed by atoms with Gasteiger partial charge in [0.05, 0.1) is 16.3 Å². The van der Waals surface area contributed by atoms with Crippen LogP contribution in [0.4, 0.5) is 11.4 Å². The lowest BCUT2D eigenvalue weighted by atomic mass is 10.1. The lowest BCUT2D eigenvalue weighted by Crippen LogP contribution is -2.44. The molecule has 3 rings (SSSR count). The number of rotatable bonds is 9. The Morgan fingerprint density at radius 2 is 1.63 bits per heavy atom.